The van der Waals surface area contributed by atoms with E-state index >= 15 is 0 Å². The molecule has 0 radical (unpaired) electrons. The molecule has 1 unspecified atom stereocenters. The smallest absolute Gasteiger partial charge is 0.246 e. The van der Waals surface area contributed by atoms with E-state index in [4.69, 9.17) is 0 Å². The monoisotopic (exact) mass is 272 g/mol. The summed E-state index contributed by atoms with van der Waals surface area (Å²) in [5, 5.41) is 8.43. The molecule has 1 aliphatic rings. The lowest BCUT2D eigenvalue weighted by molar-refractivity contribution is 0.165. The zero-order valence-electron chi connectivity index (χ0n) is 12.6. The molecule has 6 heteroatoms. The van der Waals surface area contributed by atoms with Gasteiger partial charge < -0.3 is 9.47 Å². The van der Waals surface area contributed by atoms with Crippen molar-refractivity contribution in [1.82, 2.24) is 24.7 Å². The quantitative estimate of drug-likeness (QED) is 0.834. The summed E-state index contributed by atoms with van der Waals surface area (Å²) >= 11 is 0. The molecule has 0 bridgehead atoms. The van der Waals surface area contributed by atoms with Crippen LogP contribution in [0.5, 0.6) is 0 Å². The van der Waals surface area contributed by atoms with Gasteiger partial charge in [0.2, 0.25) is 5.95 Å². The van der Waals surface area contributed by atoms with Crippen molar-refractivity contribution < 1.29 is 0 Å². The van der Waals surface area contributed by atoms with Gasteiger partial charge in [-0.05, 0) is 13.8 Å². The van der Waals surface area contributed by atoms with E-state index in [-0.39, 0.29) is 11.5 Å². The molecular weight excluding hydrogens is 252 g/mol. The zero-order chi connectivity index (χ0) is 14.5. The minimum atomic E-state index is 0.154. The summed E-state index contributed by atoms with van der Waals surface area (Å²) in [4.78, 5) is 11.2. The van der Waals surface area contributed by atoms with Gasteiger partial charge in [0.15, 0.2) is 0 Å². The topological polar surface area (TPSA) is 59.7 Å². The van der Waals surface area contributed by atoms with Gasteiger partial charge in [-0.25, -0.2) is 9.97 Å². The van der Waals surface area contributed by atoms with Crippen LogP contribution in [0.2, 0.25) is 0 Å². The van der Waals surface area contributed by atoms with Crippen molar-refractivity contribution in [2.45, 2.75) is 33.7 Å². The first-order valence-corrected chi connectivity index (χ1v) is 6.82. The molecule has 20 heavy (non-hydrogen) atoms. The van der Waals surface area contributed by atoms with Crippen LogP contribution in [0.4, 0.5) is 5.95 Å². The van der Waals surface area contributed by atoms with E-state index in [1.807, 2.05) is 33.3 Å². The fourth-order valence-electron chi connectivity index (χ4n) is 2.81. The maximum atomic E-state index is 4.57. The van der Waals surface area contributed by atoms with Crippen LogP contribution in [0.25, 0.3) is 0 Å². The molecule has 2 aromatic heterocycles. The van der Waals surface area contributed by atoms with E-state index in [1.54, 1.807) is 0 Å². The van der Waals surface area contributed by atoms with Crippen LogP contribution in [0.1, 0.15) is 37.1 Å². The number of nitrogens with zero attached hydrogens (tertiary/aromatic N) is 6. The molecule has 106 valence electrons. The molecule has 0 N–H and O–H groups in total. The third-order valence-corrected chi connectivity index (χ3v) is 4.07. The molecule has 1 fully saturated rings. The van der Waals surface area contributed by atoms with E-state index < -0.39 is 0 Å². The molecule has 1 atom stereocenters. The van der Waals surface area contributed by atoms with Gasteiger partial charge in [-0.3, -0.25) is 0 Å². The Bertz CT molecular complexity index is 645. The van der Waals surface area contributed by atoms with Gasteiger partial charge >= 0.3 is 0 Å². The van der Waals surface area contributed by atoms with Crippen molar-refractivity contribution in [3.05, 3.63) is 29.6 Å². The van der Waals surface area contributed by atoms with Crippen molar-refractivity contribution in [2.75, 3.05) is 11.4 Å². The third-order valence-electron chi connectivity index (χ3n) is 4.07. The first-order valence-electron chi connectivity index (χ1n) is 6.82. The first-order chi connectivity index (χ1) is 9.40. The number of aromatic nitrogens is 5. The van der Waals surface area contributed by atoms with Crippen molar-refractivity contribution in [2.24, 2.45) is 12.5 Å². The number of hydrogen-bond acceptors (Lipinski definition) is 5. The molecule has 6 nitrogen and oxygen atoms in total. The summed E-state index contributed by atoms with van der Waals surface area (Å²) in [5.74, 6) is 1.74. The summed E-state index contributed by atoms with van der Waals surface area (Å²) < 4.78 is 2.06. The lowest BCUT2D eigenvalue weighted by Gasteiger charge is -2.53. The highest BCUT2D eigenvalue weighted by Gasteiger charge is 2.49. The van der Waals surface area contributed by atoms with Crippen LogP contribution in [0.3, 0.4) is 0 Å². The standard InChI is InChI=1S/C14H20N6/c1-9-10(2)17-18-13(16-9)20-8-14(3,4)11(20)12-15-6-7-19(12)5/h6-7,11H,8H2,1-5H3. The van der Waals surface area contributed by atoms with Crippen LogP contribution in [0.15, 0.2) is 12.4 Å². The van der Waals surface area contributed by atoms with Crippen molar-refractivity contribution in [3.63, 3.8) is 0 Å². The highest BCUT2D eigenvalue weighted by Crippen LogP contribution is 2.48. The van der Waals surface area contributed by atoms with Crippen LogP contribution in [0, 0.1) is 19.3 Å². The van der Waals surface area contributed by atoms with E-state index in [9.17, 15) is 0 Å². The molecular formula is C14H20N6. The molecule has 0 saturated carbocycles. The molecule has 0 aliphatic carbocycles. The predicted molar refractivity (Wildman–Crippen MR) is 76.4 cm³/mol. The molecule has 0 spiro atoms. The van der Waals surface area contributed by atoms with Crippen LogP contribution in [-0.2, 0) is 7.05 Å². The molecule has 1 saturated heterocycles. The second-order valence-corrected chi connectivity index (χ2v) is 6.20. The Morgan fingerprint density at radius 1 is 1.20 bits per heavy atom. The van der Waals surface area contributed by atoms with E-state index in [1.165, 1.54) is 0 Å². The van der Waals surface area contributed by atoms with E-state index in [0.29, 0.717) is 5.95 Å². The van der Waals surface area contributed by atoms with Crippen LogP contribution >= 0.6 is 0 Å². The number of rotatable bonds is 2. The van der Waals surface area contributed by atoms with Gasteiger partial charge in [0.25, 0.3) is 0 Å². The summed E-state index contributed by atoms with van der Waals surface area (Å²) in [7, 11) is 2.02. The largest absolute Gasteiger partial charge is 0.336 e. The average Bonchev–Trinajstić information content (AvgIpc) is 2.76. The Labute approximate surface area is 118 Å². The molecule has 0 aromatic carbocycles. The Kier molecular flexibility index (Phi) is 2.77. The number of anilines is 1. The van der Waals surface area contributed by atoms with Gasteiger partial charge in [0, 0.05) is 31.4 Å². The SMILES string of the molecule is Cc1nnc(N2CC(C)(C)C2c2nccn2C)nc1C. The Morgan fingerprint density at radius 2 is 1.95 bits per heavy atom. The minimum Gasteiger partial charge on any atom is -0.336 e. The Balaban J connectivity index is 1.98. The first kappa shape index (κ1) is 13.0. The van der Waals surface area contributed by atoms with E-state index in [2.05, 4.69) is 43.5 Å². The van der Waals surface area contributed by atoms with Crippen molar-refractivity contribution in [1.29, 1.82) is 0 Å². The maximum Gasteiger partial charge on any atom is 0.246 e. The molecule has 1 aliphatic heterocycles. The third kappa shape index (κ3) is 1.87. The van der Waals surface area contributed by atoms with Gasteiger partial charge in [-0.2, -0.15) is 5.10 Å². The molecule has 2 aromatic rings. The lowest BCUT2D eigenvalue weighted by atomic mass is 9.74. The average molecular weight is 272 g/mol. The van der Waals surface area contributed by atoms with Crippen molar-refractivity contribution in [3.8, 4) is 0 Å². The minimum absolute atomic E-state index is 0.154. The Morgan fingerprint density at radius 3 is 2.50 bits per heavy atom. The molecule has 3 rings (SSSR count). The Hall–Kier alpha value is -1.98. The van der Waals surface area contributed by atoms with Crippen molar-refractivity contribution >= 4 is 5.95 Å². The summed E-state index contributed by atoms with van der Waals surface area (Å²) in [5.41, 5.74) is 1.96. The fraction of sp³-hybridized carbons (Fsp3) is 0.571. The highest BCUT2D eigenvalue weighted by molar-refractivity contribution is 5.41. The second-order valence-electron chi connectivity index (χ2n) is 6.20. The fourth-order valence-corrected chi connectivity index (χ4v) is 2.81. The maximum absolute atomic E-state index is 4.57. The summed E-state index contributed by atoms with van der Waals surface area (Å²) in [6, 6.07) is 0.186. The number of aryl methyl sites for hydroxylation is 3. The van der Waals surface area contributed by atoms with Crippen LogP contribution in [-0.4, -0.2) is 31.3 Å². The van der Waals surface area contributed by atoms with Gasteiger partial charge in [-0.15, -0.1) is 5.10 Å². The second kappa shape index (κ2) is 4.26. The zero-order valence-corrected chi connectivity index (χ0v) is 12.6. The number of imidazole rings is 1. The summed E-state index contributed by atoms with van der Waals surface area (Å²) in [6.07, 6.45) is 3.81. The molecule has 0 amide bonds. The van der Waals surface area contributed by atoms with Gasteiger partial charge in [-0.1, -0.05) is 13.8 Å². The summed E-state index contributed by atoms with van der Waals surface area (Å²) in [6.45, 7) is 9.30. The van der Waals surface area contributed by atoms with Crippen LogP contribution < -0.4 is 4.90 Å². The molecule has 3 heterocycles. The highest BCUT2D eigenvalue weighted by atomic mass is 15.4. The van der Waals surface area contributed by atoms with E-state index in [0.717, 1.165) is 23.8 Å². The normalized spacial score (nSPS) is 20.9. The predicted octanol–water partition coefficient (Wildman–Crippen LogP) is 1.81. The lowest BCUT2D eigenvalue weighted by Crippen LogP contribution is -2.57. The van der Waals surface area contributed by atoms with Gasteiger partial charge in [0.1, 0.15) is 5.82 Å². The number of hydrogen-bond donors (Lipinski definition) is 0. The van der Waals surface area contributed by atoms with Gasteiger partial charge in [0.05, 0.1) is 17.4 Å².